The van der Waals surface area contributed by atoms with Crippen LogP contribution in [0.4, 0.5) is 0 Å². The number of carbonyl (C=O) groups is 1. The Morgan fingerprint density at radius 2 is 1.79 bits per heavy atom. The van der Waals surface area contributed by atoms with Crippen molar-refractivity contribution < 1.29 is 9.53 Å². The topological polar surface area (TPSA) is 26.3 Å². The van der Waals surface area contributed by atoms with Crippen LogP contribution in [-0.4, -0.2) is 12.1 Å². The molecule has 0 aromatic carbocycles. The largest absolute Gasteiger partial charge is 0.459 e. The Labute approximate surface area is 86.6 Å². The molecule has 14 heavy (non-hydrogen) atoms. The molecule has 0 unspecified atom stereocenters. The second kappa shape index (κ2) is 8.54. The van der Waals surface area contributed by atoms with Crippen LogP contribution < -0.4 is 0 Å². The number of esters is 1. The van der Waals surface area contributed by atoms with E-state index in [1.54, 1.807) is 6.08 Å². The summed E-state index contributed by atoms with van der Waals surface area (Å²) in [7, 11) is 0. The summed E-state index contributed by atoms with van der Waals surface area (Å²) < 4.78 is 5.08. The lowest BCUT2D eigenvalue weighted by atomic mass is 9.98. The van der Waals surface area contributed by atoms with Gasteiger partial charge in [0.15, 0.2) is 0 Å². The summed E-state index contributed by atoms with van der Waals surface area (Å²) in [6.07, 6.45) is 8.86. The van der Waals surface area contributed by atoms with Gasteiger partial charge in [-0.05, 0) is 32.6 Å². The molecule has 0 spiro atoms. The molecule has 0 atom stereocenters. The normalized spacial score (nSPS) is 16.1. The quantitative estimate of drug-likeness (QED) is 0.385. The first-order chi connectivity index (χ1) is 6.74. The molecule has 0 amide bonds. The minimum atomic E-state index is -0.281. The van der Waals surface area contributed by atoms with Crippen LogP contribution in [0.1, 0.15) is 39.0 Å². The van der Waals surface area contributed by atoms with Crippen LogP contribution in [-0.2, 0) is 9.53 Å². The van der Waals surface area contributed by atoms with E-state index in [9.17, 15) is 4.79 Å². The molecule has 0 aromatic heterocycles. The van der Waals surface area contributed by atoms with Crippen LogP contribution in [0, 0.1) is 0 Å². The molecule has 1 fully saturated rings. The van der Waals surface area contributed by atoms with E-state index < -0.39 is 0 Å². The minimum absolute atomic E-state index is 0.161. The number of hydrogen-bond donors (Lipinski definition) is 0. The van der Waals surface area contributed by atoms with E-state index in [0.717, 1.165) is 12.8 Å². The van der Waals surface area contributed by atoms with Crippen LogP contribution >= 0.6 is 0 Å². The van der Waals surface area contributed by atoms with Crippen LogP contribution in [0.3, 0.4) is 0 Å². The Kier molecular flexibility index (Phi) is 7.90. The summed E-state index contributed by atoms with van der Waals surface area (Å²) in [4.78, 5) is 10.7. The standard InChI is InChI=1S/C9H14O2.C3H6/c1-2-9(10)11-8-6-4-3-5-7-8;1-3-2/h2,8H,1,3-7H2;3H,1H2,2H3. The second-order valence-corrected chi connectivity index (χ2v) is 3.31. The van der Waals surface area contributed by atoms with Crippen molar-refractivity contribution in [3.05, 3.63) is 25.3 Å². The van der Waals surface area contributed by atoms with Gasteiger partial charge in [-0.1, -0.05) is 19.1 Å². The molecule has 2 heteroatoms. The maximum Gasteiger partial charge on any atom is 0.330 e. The van der Waals surface area contributed by atoms with E-state index >= 15 is 0 Å². The Balaban J connectivity index is 0.000000500. The molecule has 0 heterocycles. The molecule has 0 saturated heterocycles. The summed E-state index contributed by atoms with van der Waals surface area (Å²) in [5.74, 6) is -0.281. The van der Waals surface area contributed by atoms with E-state index in [0.29, 0.717) is 0 Å². The maximum atomic E-state index is 10.7. The first-order valence-corrected chi connectivity index (χ1v) is 5.14. The van der Waals surface area contributed by atoms with Crippen LogP contribution in [0.15, 0.2) is 25.3 Å². The first kappa shape index (κ1) is 12.9. The molecule has 1 saturated carbocycles. The SMILES string of the molecule is C=CC.C=CC(=O)OC1CCCCC1. The highest BCUT2D eigenvalue weighted by molar-refractivity contribution is 5.81. The van der Waals surface area contributed by atoms with Gasteiger partial charge in [0, 0.05) is 6.08 Å². The molecule has 1 aliphatic carbocycles. The van der Waals surface area contributed by atoms with Crippen molar-refractivity contribution in [1.29, 1.82) is 0 Å². The van der Waals surface area contributed by atoms with E-state index in [2.05, 4.69) is 13.2 Å². The molecule has 0 N–H and O–H groups in total. The van der Waals surface area contributed by atoms with Gasteiger partial charge in [-0.15, -0.1) is 6.58 Å². The summed E-state index contributed by atoms with van der Waals surface area (Å²) in [6.45, 7) is 8.60. The molecule has 1 rings (SSSR count). The zero-order chi connectivity index (χ0) is 10.8. The molecule has 1 aliphatic rings. The van der Waals surface area contributed by atoms with Crippen LogP contribution in [0.5, 0.6) is 0 Å². The van der Waals surface area contributed by atoms with Crippen LogP contribution in [0.2, 0.25) is 0 Å². The molecule has 0 aromatic rings. The molecular formula is C12H20O2. The number of ether oxygens (including phenoxy) is 1. The van der Waals surface area contributed by atoms with Gasteiger partial charge in [-0.2, -0.15) is 0 Å². The van der Waals surface area contributed by atoms with Crippen molar-refractivity contribution in [3.8, 4) is 0 Å². The van der Waals surface area contributed by atoms with Gasteiger partial charge in [0.1, 0.15) is 6.10 Å². The van der Waals surface area contributed by atoms with Crippen molar-refractivity contribution >= 4 is 5.97 Å². The van der Waals surface area contributed by atoms with E-state index in [-0.39, 0.29) is 12.1 Å². The molecule has 0 radical (unpaired) electrons. The van der Waals surface area contributed by atoms with Crippen molar-refractivity contribution in [3.63, 3.8) is 0 Å². The lowest BCUT2D eigenvalue weighted by Gasteiger charge is -2.20. The fourth-order valence-corrected chi connectivity index (χ4v) is 1.40. The Bertz CT molecular complexity index is 179. The van der Waals surface area contributed by atoms with Gasteiger partial charge in [0.25, 0.3) is 0 Å². The van der Waals surface area contributed by atoms with Crippen LogP contribution in [0.25, 0.3) is 0 Å². The monoisotopic (exact) mass is 196 g/mol. The first-order valence-electron chi connectivity index (χ1n) is 5.14. The summed E-state index contributed by atoms with van der Waals surface area (Å²) in [5.41, 5.74) is 0. The van der Waals surface area contributed by atoms with Gasteiger partial charge < -0.3 is 4.74 Å². The average Bonchev–Trinajstić information content (AvgIpc) is 2.20. The summed E-state index contributed by atoms with van der Waals surface area (Å²) in [5, 5.41) is 0. The zero-order valence-electron chi connectivity index (χ0n) is 9.00. The average molecular weight is 196 g/mol. The lowest BCUT2D eigenvalue weighted by Crippen LogP contribution is -2.19. The maximum absolute atomic E-state index is 10.7. The summed E-state index contributed by atoms with van der Waals surface area (Å²) >= 11 is 0. The smallest absolute Gasteiger partial charge is 0.330 e. The predicted molar refractivity (Wildman–Crippen MR) is 59.0 cm³/mol. The van der Waals surface area contributed by atoms with Crippen molar-refractivity contribution in [1.82, 2.24) is 0 Å². The minimum Gasteiger partial charge on any atom is -0.459 e. The number of carbonyl (C=O) groups excluding carboxylic acids is 1. The fourth-order valence-electron chi connectivity index (χ4n) is 1.40. The molecular weight excluding hydrogens is 176 g/mol. The highest BCUT2D eigenvalue weighted by Gasteiger charge is 2.15. The second-order valence-electron chi connectivity index (χ2n) is 3.31. The van der Waals surface area contributed by atoms with Gasteiger partial charge in [0.2, 0.25) is 0 Å². The Morgan fingerprint density at radius 3 is 2.21 bits per heavy atom. The molecule has 2 nitrogen and oxygen atoms in total. The molecule has 0 aliphatic heterocycles. The van der Waals surface area contributed by atoms with Gasteiger partial charge in [0.05, 0.1) is 0 Å². The third-order valence-corrected chi connectivity index (χ3v) is 2.00. The van der Waals surface area contributed by atoms with E-state index in [1.807, 2.05) is 6.92 Å². The zero-order valence-corrected chi connectivity index (χ0v) is 9.00. The van der Waals surface area contributed by atoms with Gasteiger partial charge in [-0.25, -0.2) is 4.79 Å². The molecule has 0 bridgehead atoms. The van der Waals surface area contributed by atoms with Gasteiger partial charge in [-0.3, -0.25) is 0 Å². The third-order valence-electron chi connectivity index (χ3n) is 2.00. The Morgan fingerprint density at radius 1 is 1.29 bits per heavy atom. The van der Waals surface area contributed by atoms with Crippen molar-refractivity contribution in [2.24, 2.45) is 0 Å². The lowest BCUT2D eigenvalue weighted by molar-refractivity contribution is -0.144. The van der Waals surface area contributed by atoms with Crippen molar-refractivity contribution in [2.45, 2.75) is 45.1 Å². The van der Waals surface area contributed by atoms with E-state index in [1.165, 1.54) is 25.3 Å². The highest BCUT2D eigenvalue weighted by Crippen LogP contribution is 2.20. The van der Waals surface area contributed by atoms with Gasteiger partial charge >= 0.3 is 5.97 Å². The Hall–Kier alpha value is -1.05. The number of allylic oxidation sites excluding steroid dienone is 1. The third kappa shape index (κ3) is 6.46. The fraction of sp³-hybridized carbons (Fsp3) is 0.583. The predicted octanol–water partition coefficient (Wildman–Crippen LogP) is 3.24. The van der Waals surface area contributed by atoms with Crippen molar-refractivity contribution in [2.75, 3.05) is 0 Å². The summed E-state index contributed by atoms with van der Waals surface area (Å²) in [6, 6.07) is 0. The number of rotatable bonds is 2. The highest BCUT2D eigenvalue weighted by atomic mass is 16.5. The molecule has 80 valence electrons. The van der Waals surface area contributed by atoms with E-state index in [4.69, 9.17) is 4.74 Å². The number of hydrogen-bond acceptors (Lipinski definition) is 2.